The molecule has 0 unspecified atom stereocenters. The van der Waals surface area contributed by atoms with Crippen molar-refractivity contribution in [2.45, 2.75) is 13.0 Å². The first-order chi connectivity index (χ1) is 10.5. The Morgan fingerprint density at radius 2 is 1.86 bits per heavy atom. The van der Waals surface area contributed by atoms with E-state index in [9.17, 15) is 13.6 Å². The molecule has 0 fully saturated rings. The van der Waals surface area contributed by atoms with Gasteiger partial charge in [0.15, 0.2) is 6.79 Å². The van der Waals surface area contributed by atoms with Crippen molar-refractivity contribution in [3.63, 3.8) is 0 Å². The molecule has 118 valence electrons. The fourth-order valence-corrected chi connectivity index (χ4v) is 2.32. The summed E-state index contributed by atoms with van der Waals surface area (Å²) in [5.41, 5.74) is 0.583. The molecule has 1 aromatic heterocycles. The highest BCUT2D eigenvalue weighted by Crippen LogP contribution is 2.23. The van der Waals surface area contributed by atoms with Crippen molar-refractivity contribution >= 4 is 15.9 Å². The number of alkyl halides is 2. The fourth-order valence-electron chi connectivity index (χ4n) is 1.97. The molecule has 0 saturated carbocycles. The Morgan fingerprint density at radius 1 is 1.18 bits per heavy atom. The van der Waals surface area contributed by atoms with Gasteiger partial charge in [0.2, 0.25) is 0 Å². The topological polar surface area (TPSA) is 40.5 Å². The number of hydrogen-bond donors (Lipinski definition) is 0. The maximum absolute atomic E-state index is 12.7. The van der Waals surface area contributed by atoms with E-state index in [-0.39, 0.29) is 11.3 Å². The third-order valence-corrected chi connectivity index (χ3v) is 3.55. The van der Waals surface area contributed by atoms with Crippen LogP contribution in [0.25, 0.3) is 11.3 Å². The summed E-state index contributed by atoms with van der Waals surface area (Å²) in [4.78, 5) is 12.0. The highest BCUT2D eigenvalue weighted by molar-refractivity contribution is 9.10. The van der Waals surface area contributed by atoms with E-state index in [1.807, 2.05) is 0 Å². The van der Waals surface area contributed by atoms with Crippen molar-refractivity contribution in [2.75, 3.05) is 13.9 Å². The van der Waals surface area contributed by atoms with Gasteiger partial charge in [-0.25, -0.2) is 8.78 Å². The zero-order valence-electron chi connectivity index (χ0n) is 11.8. The van der Waals surface area contributed by atoms with Gasteiger partial charge in [-0.1, -0.05) is 0 Å². The van der Waals surface area contributed by atoms with Crippen molar-refractivity contribution in [1.82, 2.24) is 4.57 Å². The first kappa shape index (κ1) is 16.6. The minimum Gasteiger partial charge on any atom is -0.468 e. The van der Waals surface area contributed by atoms with Crippen molar-refractivity contribution in [2.24, 2.45) is 0 Å². The first-order valence-corrected chi connectivity index (χ1v) is 7.22. The molecule has 1 aromatic carbocycles. The zero-order valence-corrected chi connectivity index (χ0v) is 13.3. The molecule has 0 aliphatic carbocycles. The van der Waals surface area contributed by atoms with Crippen molar-refractivity contribution < 1.29 is 18.3 Å². The number of pyridine rings is 1. The lowest BCUT2D eigenvalue weighted by Crippen LogP contribution is -2.25. The van der Waals surface area contributed by atoms with Gasteiger partial charge in [0.1, 0.15) is 5.75 Å². The maximum Gasteiger partial charge on any atom is 0.265 e. The van der Waals surface area contributed by atoms with Crippen LogP contribution >= 0.6 is 15.9 Å². The van der Waals surface area contributed by atoms with Crippen LogP contribution in [-0.2, 0) is 11.3 Å². The third-order valence-electron chi connectivity index (χ3n) is 2.94. The highest BCUT2D eigenvalue weighted by atomic mass is 79.9. The average Bonchev–Trinajstić information content (AvgIpc) is 2.50. The van der Waals surface area contributed by atoms with E-state index >= 15 is 0 Å². The lowest BCUT2D eigenvalue weighted by atomic mass is 10.1. The third kappa shape index (κ3) is 3.92. The molecule has 0 bridgehead atoms. The van der Waals surface area contributed by atoms with Crippen molar-refractivity contribution in [3.05, 3.63) is 51.2 Å². The Balaban J connectivity index is 2.39. The van der Waals surface area contributed by atoms with E-state index in [1.54, 1.807) is 36.4 Å². The summed E-state index contributed by atoms with van der Waals surface area (Å²) < 4.78 is 36.8. The van der Waals surface area contributed by atoms with Crippen LogP contribution in [0.4, 0.5) is 8.78 Å². The van der Waals surface area contributed by atoms with Crippen LogP contribution in [0, 0.1) is 0 Å². The second-order valence-electron chi connectivity index (χ2n) is 4.45. The van der Waals surface area contributed by atoms with Gasteiger partial charge in [0.05, 0.1) is 16.7 Å². The quantitative estimate of drug-likeness (QED) is 0.727. The second-order valence-corrected chi connectivity index (χ2v) is 5.30. The summed E-state index contributed by atoms with van der Waals surface area (Å²) in [5, 5.41) is 0. The highest BCUT2D eigenvalue weighted by Gasteiger charge is 2.13. The van der Waals surface area contributed by atoms with E-state index in [2.05, 4.69) is 15.9 Å². The molecule has 0 amide bonds. The summed E-state index contributed by atoms with van der Waals surface area (Å²) in [6, 6.07) is 9.96. The molecule has 0 aliphatic rings. The maximum atomic E-state index is 12.7. The van der Waals surface area contributed by atoms with Gasteiger partial charge < -0.3 is 14.0 Å². The van der Waals surface area contributed by atoms with Crippen LogP contribution in [0.15, 0.2) is 45.7 Å². The monoisotopic (exact) mass is 373 g/mol. The number of rotatable bonds is 6. The van der Waals surface area contributed by atoms with Crippen LogP contribution in [-0.4, -0.2) is 24.9 Å². The fraction of sp³-hybridized carbons (Fsp3) is 0.267. The SMILES string of the molecule is COCOc1ccc(-c2ccc(Br)c(=O)n2CC(F)F)cc1. The lowest BCUT2D eigenvalue weighted by Gasteiger charge is -2.13. The number of hydrogen-bond acceptors (Lipinski definition) is 3. The standard InChI is InChI=1S/C15H14BrF2NO3/c1-21-9-22-11-4-2-10(3-5-11)13-7-6-12(16)15(20)19(13)8-14(17)18/h2-7,14H,8-9H2,1H3. The molecule has 0 atom stereocenters. The van der Waals surface area contributed by atoms with E-state index < -0.39 is 18.5 Å². The molecule has 0 aliphatic heterocycles. The molecule has 22 heavy (non-hydrogen) atoms. The molecule has 0 N–H and O–H groups in total. The molecule has 2 rings (SSSR count). The Kier molecular flexibility index (Phi) is 5.68. The Morgan fingerprint density at radius 3 is 2.45 bits per heavy atom. The summed E-state index contributed by atoms with van der Waals surface area (Å²) in [5.74, 6) is 0.588. The first-order valence-electron chi connectivity index (χ1n) is 6.42. The van der Waals surface area contributed by atoms with Gasteiger partial charge in [0, 0.05) is 7.11 Å². The van der Waals surface area contributed by atoms with Crippen molar-refractivity contribution in [3.8, 4) is 17.0 Å². The van der Waals surface area contributed by atoms with E-state index in [0.717, 1.165) is 4.57 Å². The molecular weight excluding hydrogens is 360 g/mol. The van der Waals surface area contributed by atoms with E-state index in [0.29, 0.717) is 17.0 Å². The van der Waals surface area contributed by atoms with E-state index in [4.69, 9.17) is 9.47 Å². The molecule has 1 heterocycles. The Labute approximate surface area is 134 Å². The zero-order chi connectivity index (χ0) is 16.1. The van der Waals surface area contributed by atoms with Crippen LogP contribution in [0.2, 0.25) is 0 Å². The number of methoxy groups -OCH3 is 1. The van der Waals surface area contributed by atoms with Crippen molar-refractivity contribution in [1.29, 1.82) is 0 Å². The minimum absolute atomic E-state index is 0.119. The summed E-state index contributed by atoms with van der Waals surface area (Å²) >= 11 is 3.07. The summed E-state index contributed by atoms with van der Waals surface area (Å²) in [6.07, 6.45) is -2.62. The predicted octanol–water partition coefficient (Wildman–Crippen LogP) is 3.53. The average molecular weight is 374 g/mol. The van der Waals surface area contributed by atoms with Crippen LogP contribution in [0.3, 0.4) is 0 Å². The van der Waals surface area contributed by atoms with Crippen LogP contribution in [0.5, 0.6) is 5.75 Å². The normalized spacial score (nSPS) is 11.0. The Bertz CT molecular complexity index is 686. The largest absolute Gasteiger partial charge is 0.468 e. The van der Waals surface area contributed by atoms with Gasteiger partial charge in [-0.2, -0.15) is 0 Å². The van der Waals surface area contributed by atoms with Crippen LogP contribution < -0.4 is 10.3 Å². The number of ether oxygens (including phenoxy) is 2. The van der Waals surface area contributed by atoms with Gasteiger partial charge in [0.25, 0.3) is 12.0 Å². The molecule has 2 aromatic rings. The van der Waals surface area contributed by atoms with Gasteiger partial charge >= 0.3 is 0 Å². The number of halogens is 3. The number of aromatic nitrogens is 1. The molecule has 7 heteroatoms. The molecule has 4 nitrogen and oxygen atoms in total. The second kappa shape index (κ2) is 7.51. The smallest absolute Gasteiger partial charge is 0.265 e. The summed E-state index contributed by atoms with van der Waals surface area (Å²) in [7, 11) is 1.51. The molecule has 0 radical (unpaired) electrons. The number of nitrogens with zero attached hydrogens (tertiary/aromatic N) is 1. The van der Waals surface area contributed by atoms with E-state index in [1.165, 1.54) is 7.11 Å². The predicted molar refractivity (Wildman–Crippen MR) is 82.3 cm³/mol. The van der Waals surface area contributed by atoms with Gasteiger partial charge in [-0.05, 0) is 57.9 Å². The lowest BCUT2D eigenvalue weighted by molar-refractivity contribution is 0.0511. The molecular formula is C15H14BrF2NO3. The van der Waals surface area contributed by atoms with Crippen LogP contribution in [0.1, 0.15) is 0 Å². The number of benzene rings is 1. The molecule has 0 spiro atoms. The Hall–Kier alpha value is -1.73. The summed E-state index contributed by atoms with van der Waals surface area (Å²) in [6.45, 7) is -0.538. The molecule has 0 saturated heterocycles. The van der Waals surface area contributed by atoms with Gasteiger partial charge in [-0.3, -0.25) is 4.79 Å². The van der Waals surface area contributed by atoms with Gasteiger partial charge in [-0.15, -0.1) is 0 Å². The minimum atomic E-state index is -2.62.